The Kier molecular flexibility index (Phi) is 7.89. The third-order valence-corrected chi connectivity index (χ3v) is 3.99. The largest absolute Gasteiger partial charge is 0.344 e. The SMILES string of the molecule is CC(C)C[C@H](NC(=O)Nc1ccc(Br)cc1)C(=O)NCP(=O)(O)O. The summed E-state index contributed by atoms with van der Waals surface area (Å²) in [7, 11) is -4.35. The molecule has 0 fully saturated rings. The second kappa shape index (κ2) is 9.17. The summed E-state index contributed by atoms with van der Waals surface area (Å²) < 4.78 is 11.7. The average Bonchev–Trinajstić information content (AvgIpc) is 2.45. The zero-order valence-electron chi connectivity index (χ0n) is 13.3. The first-order chi connectivity index (χ1) is 11.1. The highest BCUT2D eigenvalue weighted by Gasteiger charge is 2.24. The molecule has 0 aliphatic rings. The van der Waals surface area contributed by atoms with Crippen molar-refractivity contribution < 1.29 is 23.9 Å². The van der Waals surface area contributed by atoms with Crippen molar-refractivity contribution in [3.05, 3.63) is 28.7 Å². The van der Waals surface area contributed by atoms with Crippen LogP contribution in [0.25, 0.3) is 0 Å². The summed E-state index contributed by atoms with van der Waals surface area (Å²) in [4.78, 5) is 41.7. The fraction of sp³-hybridized carbons (Fsp3) is 0.429. The number of urea groups is 1. The Morgan fingerprint density at radius 3 is 2.29 bits per heavy atom. The highest BCUT2D eigenvalue weighted by atomic mass is 79.9. The Morgan fingerprint density at radius 1 is 1.21 bits per heavy atom. The number of anilines is 1. The highest BCUT2D eigenvalue weighted by Crippen LogP contribution is 2.32. The van der Waals surface area contributed by atoms with Crippen molar-refractivity contribution in [3.8, 4) is 0 Å². The third kappa shape index (κ3) is 8.44. The maximum absolute atomic E-state index is 12.1. The molecule has 0 saturated heterocycles. The maximum Gasteiger partial charge on any atom is 0.344 e. The van der Waals surface area contributed by atoms with E-state index in [4.69, 9.17) is 9.79 Å². The highest BCUT2D eigenvalue weighted by molar-refractivity contribution is 9.10. The summed E-state index contributed by atoms with van der Waals surface area (Å²) in [5.74, 6) is -0.540. The van der Waals surface area contributed by atoms with Crippen molar-refractivity contribution in [3.63, 3.8) is 0 Å². The van der Waals surface area contributed by atoms with E-state index in [0.717, 1.165) is 4.47 Å². The van der Waals surface area contributed by atoms with Crippen molar-refractivity contribution >= 4 is 41.2 Å². The number of benzene rings is 1. The number of rotatable bonds is 7. The van der Waals surface area contributed by atoms with E-state index in [1.165, 1.54) is 0 Å². The molecule has 1 aromatic carbocycles. The van der Waals surface area contributed by atoms with Gasteiger partial charge in [-0.2, -0.15) is 0 Å². The normalized spacial score (nSPS) is 12.6. The van der Waals surface area contributed by atoms with E-state index in [1.807, 2.05) is 13.8 Å². The van der Waals surface area contributed by atoms with E-state index in [2.05, 4.69) is 31.9 Å². The lowest BCUT2D eigenvalue weighted by atomic mass is 10.0. The minimum atomic E-state index is -4.35. The van der Waals surface area contributed by atoms with Crippen LogP contribution in [0.4, 0.5) is 10.5 Å². The smallest absolute Gasteiger partial charge is 0.343 e. The van der Waals surface area contributed by atoms with Gasteiger partial charge in [0, 0.05) is 10.2 Å². The molecular formula is C14H21BrN3O5P. The Bertz CT molecular complexity index is 617. The van der Waals surface area contributed by atoms with Crippen LogP contribution in [0.2, 0.25) is 0 Å². The van der Waals surface area contributed by atoms with Crippen LogP contribution in [0, 0.1) is 5.92 Å². The molecule has 1 atom stereocenters. The molecule has 3 amide bonds. The summed E-state index contributed by atoms with van der Waals surface area (Å²) in [6, 6.07) is 5.42. The van der Waals surface area contributed by atoms with Gasteiger partial charge >= 0.3 is 13.6 Å². The van der Waals surface area contributed by atoms with Crippen molar-refractivity contribution in [1.29, 1.82) is 0 Å². The topological polar surface area (TPSA) is 128 Å². The zero-order valence-corrected chi connectivity index (χ0v) is 15.8. The van der Waals surface area contributed by atoms with E-state index in [0.29, 0.717) is 12.1 Å². The molecular weight excluding hydrogens is 401 g/mol. The molecule has 0 aliphatic carbocycles. The van der Waals surface area contributed by atoms with E-state index in [-0.39, 0.29) is 5.92 Å². The van der Waals surface area contributed by atoms with Gasteiger partial charge in [-0.1, -0.05) is 29.8 Å². The van der Waals surface area contributed by atoms with Gasteiger partial charge in [-0.25, -0.2) is 4.79 Å². The molecule has 134 valence electrons. The van der Waals surface area contributed by atoms with E-state index in [9.17, 15) is 14.2 Å². The van der Waals surface area contributed by atoms with Gasteiger partial charge in [0.1, 0.15) is 12.3 Å². The summed E-state index contributed by atoms with van der Waals surface area (Å²) in [5, 5.41) is 7.27. The Labute approximate surface area is 148 Å². The van der Waals surface area contributed by atoms with E-state index < -0.39 is 31.9 Å². The molecule has 10 heteroatoms. The fourth-order valence-corrected chi connectivity index (χ4v) is 2.49. The fourth-order valence-electron chi connectivity index (χ4n) is 1.87. The van der Waals surface area contributed by atoms with Gasteiger partial charge < -0.3 is 25.7 Å². The summed E-state index contributed by atoms with van der Waals surface area (Å²) in [5.41, 5.74) is 0.551. The van der Waals surface area contributed by atoms with E-state index in [1.54, 1.807) is 24.3 Å². The molecule has 1 aromatic rings. The molecule has 5 N–H and O–H groups in total. The lowest BCUT2D eigenvalue weighted by molar-refractivity contribution is -0.123. The lowest BCUT2D eigenvalue weighted by Crippen LogP contribution is -2.48. The van der Waals surface area contributed by atoms with Crippen LogP contribution in [-0.2, 0) is 9.36 Å². The number of hydrogen-bond acceptors (Lipinski definition) is 3. The summed E-state index contributed by atoms with van der Waals surface area (Å²) in [6.07, 6.45) is -0.433. The predicted molar refractivity (Wildman–Crippen MR) is 94.6 cm³/mol. The summed E-state index contributed by atoms with van der Waals surface area (Å²) in [6.45, 7) is 3.75. The standard InChI is InChI=1S/C14H21BrN3O5P/c1-9(2)7-12(13(19)16-8-24(21,22)23)18-14(20)17-11-5-3-10(15)4-6-11/h3-6,9,12H,7-8H2,1-2H3,(H,16,19)(H2,17,18,20)(H2,21,22,23)/t12-/m0/s1. The van der Waals surface area contributed by atoms with Crippen molar-refractivity contribution in [2.45, 2.75) is 26.3 Å². The van der Waals surface area contributed by atoms with Crippen LogP contribution in [0.3, 0.4) is 0 Å². The molecule has 0 bridgehead atoms. The van der Waals surface area contributed by atoms with Gasteiger partial charge in [-0.05, 0) is 36.6 Å². The monoisotopic (exact) mass is 421 g/mol. The van der Waals surface area contributed by atoms with Gasteiger partial charge in [0.15, 0.2) is 0 Å². The second-order valence-corrected chi connectivity index (χ2v) is 8.21. The number of hydrogen-bond donors (Lipinski definition) is 5. The van der Waals surface area contributed by atoms with Gasteiger partial charge in [0.2, 0.25) is 5.91 Å². The van der Waals surface area contributed by atoms with Crippen molar-refractivity contribution in [1.82, 2.24) is 10.6 Å². The predicted octanol–water partition coefficient (Wildman–Crippen LogP) is 2.24. The molecule has 1 rings (SSSR count). The zero-order chi connectivity index (χ0) is 18.3. The number of carbonyl (C=O) groups is 2. The minimum Gasteiger partial charge on any atom is -0.343 e. The Morgan fingerprint density at radius 2 is 1.79 bits per heavy atom. The molecule has 0 aliphatic heterocycles. The summed E-state index contributed by atoms with van der Waals surface area (Å²) >= 11 is 3.29. The molecule has 0 heterocycles. The second-order valence-electron chi connectivity index (χ2n) is 5.65. The van der Waals surface area contributed by atoms with Crippen LogP contribution in [0.15, 0.2) is 28.7 Å². The van der Waals surface area contributed by atoms with Crippen molar-refractivity contribution in [2.24, 2.45) is 5.92 Å². The molecule has 0 spiro atoms. The molecule has 0 radical (unpaired) electrons. The van der Waals surface area contributed by atoms with E-state index >= 15 is 0 Å². The quantitative estimate of drug-likeness (QED) is 0.431. The Hall–Kier alpha value is -1.41. The van der Waals surface area contributed by atoms with Gasteiger partial charge in [0.25, 0.3) is 0 Å². The van der Waals surface area contributed by atoms with Gasteiger partial charge in [0.05, 0.1) is 0 Å². The van der Waals surface area contributed by atoms with Crippen LogP contribution in [0.1, 0.15) is 20.3 Å². The molecule has 0 aromatic heterocycles. The molecule has 8 nitrogen and oxygen atoms in total. The first kappa shape index (κ1) is 20.6. The number of amides is 3. The van der Waals surface area contributed by atoms with Crippen LogP contribution in [0.5, 0.6) is 0 Å². The average molecular weight is 422 g/mol. The first-order valence-corrected chi connectivity index (χ1v) is 9.81. The van der Waals surface area contributed by atoms with Crippen LogP contribution >= 0.6 is 23.5 Å². The number of carbonyl (C=O) groups excluding carboxylic acids is 2. The van der Waals surface area contributed by atoms with Crippen molar-refractivity contribution in [2.75, 3.05) is 11.6 Å². The van der Waals surface area contributed by atoms with Gasteiger partial charge in [-0.3, -0.25) is 9.36 Å². The maximum atomic E-state index is 12.1. The lowest BCUT2D eigenvalue weighted by Gasteiger charge is -2.20. The Balaban J connectivity index is 2.66. The molecule has 0 unspecified atom stereocenters. The number of nitrogens with one attached hydrogen (secondary N) is 3. The third-order valence-electron chi connectivity index (χ3n) is 2.89. The van der Waals surface area contributed by atoms with Crippen LogP contribution < -0.4 is 16.0 Å². The minimum absolute atomic E-state index is 0.101. The van der Waals surface area contributed by atoms with Crippen LogP contribution in [-0.4, -0.2) is 34.1 Å². The number of halogens is 1. The molecule has 0 saturated carbocycles. The first-order valence-electron chi connectivity index (χ1n) is 7.22. The van der Waals surface area contributed by atoms with Gasteiger partial charge in [-0.15, -0.1) is 0 Å². The molecule has 24 heavy (non-hydrogen) atoms.